The molecule has 1 aliphatic rings. The molecule has 0 unspecified atom stereocenters. The van der Waals surface area contributed by atoms with Gasteiger partial charge in [0.25, 0.3) is 3.91 Å². The predicted octanol–water partition coefficient (Wildman–Crippen LogP) is 1.89. The number of ether oxygens (including phenoxy) is 1. The molecule has 8 heteroatoms. The van der Waals surface area contributed by atoms with Gasteiger partial charge < -0.3 is 20.3 Å². The van der Waals surface area contributed by atoms with E-state index in [1.54, 1.807) is 27.5 Å². The van der Waals surface area contributed by atoms with Gasteiger partial charge in [-0.2, -0.15) is 0 Å². The van der Waals surface area contributed by atoms with E-state index in [0.717, 1.165) is 19.3 Å². The molecule has 0 radical (unpaired) electrons. The van der Waals surface area contributed by atoms with Crippen LogP contribution in [0.15, 0.2) is 0 Å². The molecule has 1 heterocycles. The Labute approximate surface area is 144 Å². The van der Waals surface area contributed by atoms with Gasteiger partial charge in [0, 0.05) is 41.7 Å². The molecule has 22 heavy (non-hydrogen) atoms. The van der Waals surface area contributed by atoms with Crippen molar-refractivity contribution in [2.24, 2.45) is 5.92 Å². The van der Waals surface area contributed by atoms with E-state index < -0.39 is 12.1 Å². The number of rotatable bonds is 5. The van der Waals surface area contributed by atoms with Gasteiger partial charge >= 0.3 is 6.09 Å². The first-order valence-electron chi connectivity index (χ1n) is 7.45. The summed E-state index contributed by atoms with van der Waals surface area (Å²) in [6.07, 6.45) is 2.21. The Bertz CT molecular complexity index is 417. The molecule has 1 aliphatic heterocycles. The van der Waals surface area contributed by atoms with Crippen molar-refractivity contribution in [3.05, 3.63) is 0 Å². The highest BCUT2D eigenvalue weighted by Crippen LogP contribution is 2.19. The fourth-order valence-corrected chi connectivity index (χ4v) is 2.80. The number of carbonyl (C=O) groups is 3. The molecule has 0 bridgehead atoms. The molecule has 0 saturated carbocycles. The average molecular weight is 425 g/mol. The predicted molar refractivity (Wildman–Crippen MR) is 90.9 cm³/mol. The summed E-state index contributed by atoms with van der Waals surface area (Å²) in [6.45, 7) is 4.84. The molecule has 126 valence electrons. The zero-order valence-electron chi connectivity index (χ0n) is 13.2. The molecule has 0 aliphatic carbocycles. The number of halogens is 1. The molecular formula is C14H24IN3O4. The Morgan fingerprint density at radius 2 is 2.00 bits per heavy atom. The second-order valence-corrected chi connectivity index (χ2v) is 6.67. The molecule has 1 saturated heterocycles. The first-order valence-corrected chi connectivity index (χ1v) is 8.53. The van der Waals surface area contributed by atoms with E-state index in [1.807, 2.05) is 13.8 Å². The van der Waals surface area contributed by atoms with Gasteiger partial charge in [0.2, 0.25) is 5.91 Å². The van der Waals surface area contributed by atoms with E-state index in [-0.39, 0.29) is 21.8 Å². The Morgan fingerprint density at radius 3 is 2.55 bits per heavy atom. The van der Waals surface area contributed by atoms with Crippen molar-refractivity contribution in [1.29, 1.82) is 0 Å². The van der Waals surface area contributed by atoms with E-state index in [4.69, 9.17) is 0 Å². The van der Waals surface area contributed by atoms with Gasteiger partial charge in [0.05, 0.1) is 7.11 Å². The minimum atomic E-state index is -0.622. The average Bonchev–Trinajstić information content (AvgIpc) is 2.49. The summed E-state index contributed by atoms with van der Waals surface area (Å²) in [4.78, 5) is 37.1. The molecule has 1 fully saturated rings. The van der Waals surface area contributed by atoms with Crippen molar-refractivity contribution >= 4 is 38.5 Å². The quantitative estimate of drug-likeness (QED) is 0.400. The summed E-state index contributed by atoms with van der Waals surface area (Å²) in [7, 11) is 1.27. The highest BCUT2D eigenvalue weighted by molar-refractivity contribution is 14.1. The van der Waals surface area contributed by atoms with Gasteiger partial charge in [-0.15, -0.1) is 0 Å². The summed E-state index contributed by atoms with van der Waals surface area (Å²) >= 11 is 1.68. The van der Waals surface area contributed by atoms with Crippen LogP contribution in [0.1, 0.15) is 33.1 Å². The van der Waals surface area contributed by atoms with Gasteiger partial charge in [-0.25, -0.2) is 4.79 Å². The molecule has 0 aromatic carbocycles. The topological polar surface area (TPSA) is 87.7 Å². The number of methoxy groups -OCH3 is 1. The maximum absolute atomic E-state index is 12.8. The summed E-state index contributed by atoms with van der Waals surface area (Å²) in [5, 5.41) is 5.37. The SMILES string of the molecule is COC(=O)N[C@H](C(=O)N1CCCC[C@H]1CNC(=O)I)C(C)C. The Balaban J connectivity index is 2.79. The lowest BCUT2D eigenvalue weighted by Gasteiger charge is -2.38. The summed E-state index contributed by atoms with van der Waals surface area (Å²) in [5.41, 5.74) is 0. The molecule has 2 atom stereocenters. The molecule has 0 aromatic heterocycles. The maximum Gasteiger partial charge on any atom is 0.407 e. The Hall–Kier alpha value is -1.06. The zero-order valence-corrected chi connectivity index (χ0v) is 15.4. The number of nitrogens with one attached hydrogen (secondary N) is 2. The van der Waals surface area contributed by atoms with Crippen LogP contribution in [0.2, 0.25) is 0 Å². The van der Waals surface area contributed by atoms with Gasteiger partial charge in [-0.1, -0.05) is 13.8 Å². The first kappa shape index (κ1) is 19.0. The van der Waals surface area contributed by atoms with Crippen LogP contribution in [0.5, 0.6) is 0 Å². The third-order valence-electron chi connectivity index (χ3n) is 3.78. The largest absolute Gasteiger partial charge is 0.453 e. The lowest BCUT2D eigenvalue weighted by Crippen LogP contribution is -2.57. The summed E-state index contributed by atoms with van der Waals surface area (Å²) in [5.74, 6) is -0.166. The third kappa shape index (κ3) is 5.62. The van der Waals surface area contributed by atoms with E-state index in [1.165, 1.54) is 7.11 Å². The van der Waals surface area contributed by atoms with Crippen LogP contribution in [-0.2, 0) is 9.53 Å². The molecular weight excluding hydrogens is 401 g/mol. The fraction of sp³-hybridized carbons (Fsp3) is 0.786. The summed E-state index contributed by atoms with van der Waals surface area (Å²) in [6, 6.07) is -0.649. The number of alkyl carbamates (subject to hydrolysis) is 1. The monoisotopic (exact) mass is 425 g/mol. The zero-order chi connectivity index (χ0) is 16.7. The van der Waals surface area contributed by atoms with E-state index in [0.29, 0.717) is 13.1 Å². The Morgan fingerprint density at radius 1 is 1.32 bits per heavy atom. The van der Waals surface area contributed by atoms with E-state index in [2.05, 4.69) is 15.4 Å². The number of carbonyl (C=O) groups excluding carboxylic acids is 3. The normalized spacial score (nSPS) is 19.5. The molecule has 1 rings (SSSR count). The van der Waals surface area contributed by atoms with Crippen molar-refractivity contribution in [2.75, 3.05) is 20.2 Å². The number of amides is 3. The lowest BCUT2D eigenvalue weighted by molar-refractivity contribution is -0.138. The number of piperidine rings is 1. The van der Waals surface area contributed by atoms with Crippen molar-refractivity contribution in [2.45, 2.75) is 45.2 Å². The minimum absolute atomic E-state index is 0.0272. The fourth-order valence-electron chi connectivity index (χ4n) is 2.58. The highest BCUT2D eigenvalue weighted by Gasteiger charge is 2.34. The smallest absolute Gasteiger partial charge is 0.407 e. The number of likely N-dealkylation sites (tertiary alicyclic amines) is 1. The van der Waals surface area contributed by atoms with Gasteiger partial charge in [0.1, 0.15) is 6.04 Å². The van der Waals surface area contributed by atoms with Crippen LogP contribution in [-0.4, -0.2) is 53.1 Å². The van der Waals surface area contributed by atoms with Crippen LogP contribution in [0, 0.1) is 5.92 Å². The van der Waals surface area contributed by atoms with Gasteiger partial charge in [-0.05, 0) is 25.2 Å². The third-order valence-corrected chi connectivity index (χ3v) is 4.16. The van der Waals surface area contributed by atoms with Crippen molar-refractivity contribution in [3.8, 4) is 0 Å². The number of hydrogen-bond donors (Lipinski definition) is 2. The molecule has 3 amide bonds. The summed E-state index contributed by atoms with van der Waals surface area (Å²) < 4.78 is 4.46. The first-order chi connectivity index (χ1) is 10.4. The molecule has 2 N–H and O–H groups in total. The van der Waals surface area contributed by atoms with E-state index >= 15 is 0 Å². The molecule has 0 aromatic rings. The minimum Gasteiger partial charge on any atom is -0.453 e. The lowest BCUT2D eigenvalue weighted by atomic mass is 9.97. The number of nitrogens with zero attached hydrogens (tertiary/aromatic N) is 1. The second-order valence-electron chi connectivity index (χ2n) is 5.69. The van der Waals surface area contributed by atoms with Crippen LogP contribution in [0.25, 0.3) is 0 Å². The van der Waals surface area contributed by atoms with Crippen molar-refractivity contribution in [3.63, 3.8) is 0 Å². The van der Waals surface area contributed by atoms with Crippen LogP contribution in [0.4, 0.5) is 9.59 Å². The van der Waals surface area contributed by atoms with Crippen LogP contribution < -0.4 is 10.6 Å². The second kappa shape index (κ2) is 9.16. The van der Waals surface area contributed by atoms with Crippen LogP contribution in [0.3, 0.4) is 0 Å². The van der Waals surface area contributed by atoms with Gasteiger partial charge in [-0.3, -0.25) is 9.59 Å². The highest BCUT2D eigenvalue weighted by atomic mass is 127. The van der Waals surface area contributed by atoms with Crippen LogP contribution >= 0.6 is 22.6 Å². The maximum atomic E-state index is 12.8. The van der Waals surface area contributed by atoms with Crippen molar-refractivity contribution in [1.82, 2.24) is 15.5 Å². The molecule has 0 spiro atoms. The van der Waals surface area contributed by atoms with E-state index in [9.17, 15) is 14.4 Å². The van der Waals surface area contributed by atoms with Gasteiger partial charge in [0.15, 0.2) is 0 Å². The number of hydrogen-bond acceptors (Lipinski definition) is 4. The Kier molecular flexibility index (Phi) is 7.91. The molecule has 7 nitrogen and oxygen atoms in total. The van der Waals surface area contributed by atoms with Crippen molar-refractivity contribution < 1.29 is 19.1 Å². The standard InChI is InChI=1S/C14H24IN3O4/c1-9(2)11(17-14(21)22-3)12(19)18-7-5-4-6-10(18)8-16-13(15)20/h9-11H,4-8H2,1-3H3,(H,16,20)(H,17,21)/t10-,11-/m0/s1.